The number of furan rings is 1. The van der Waals surface area contributed by atoms with E-state index in [-0.39, 0.29) is 0 Å². The van der Waals surface area contributed by atoms with E-state index in [1.165, 1.54) is 0 Å². The van der Waals surface area contributed by atoms with E-state index >= 15 is 0 Å². The molecule has 4 rings (SSSR count). The fraction of sp³-hybridized carbons (Fsp3) is 0.100. The Bertz CT molecular complexity index is 1020. The summed E-state index contributed by atoms with van der Waals surface area (Å²) in [7, 11) is 1.61. The standard InChI is InChI=1S/C20H18N4O3/c1-26-13-8-6-12(7-9-13)24-17(21)16-10-11-27-20(16)23-19(24)15-5-3-2-4-14(15)18(22)25/h2-11,17H,21H2,1H3,(H2,22,25). The van der Waals surface area contributed by atoms with Crippen molar-refractivity contribution < 1.29 is 13.9 Å². The second-order valence-corrected chi connectivity index (χ2v) is 6.04. The minimum Gasteiger partial charge on any atom is -0.497 e. The highest BCUT2D eigenvalue weighted by Gasteiger charge is 2.32. The van der Waals surface area contributed by atoms with Crippen LogP contribution in [0.3, 0.4) is 0 Å². The molecule has 1 amide bonds. The molecule has 2 aromatic carbocycles. The van der Waals surface area contributed by atoms with E-state index < -0.39 is 12.1 Å². The van der Waals surface area contributed by atoms with E-state index in [9.17, 15) is 4.79 Å². The molecule has 1 aliphatic rings. The second kappa shape index (κ2) is 6.62. The Labute approximate surface area is 155 Å². The molecule has 27 heavy (non-hydrogen) atoms. The number of ether oxygens (including phenoxy) is 1. The summed E-state index contributed by atoms with van der Waals surface area (Å²) in [5.74, 6) is 1.09. The molecule has 7 nitrogen and oxygen atoms in total. The molecular formula is C20H18N4O3. The largest absolute Gasteiger partial charge is 0.497 e. The highest BCUT2D eigenvalue weighted by Crippen LogP contribution is 2.38. The lowest BCUT2D eigenvalue weighted by atomic mass is 10.0. The van der Waals surface area contributed by atoms with Crippen molar-refractivity contribution in [3.05, 3.63) is 77.6 Å². The molecule has 0 saturated carbocycles. The van der Waals surface area contributed by atoms with Gasteiger partial charge in [-0.1, -0.05) is 18.2 Å². The van der Waals surface area contributed by atoms with Gasteiger partial charge < -0.3 is 25.5 Å². The van der Waals surface area contributed by atoms with Crippen molar-refractivity contribution >= 4 is 23.3 Å². The number of amidine groups is 1. The first-order chi connectivity index (χ1) is 13.1. The monoisotopic (exact) mass is 362 g/mol. The van der Waals surface area contributed by atoms with Crippen LogP contribution in [-0.4, -0.2) is 18.9 Å². The summed E-state index contributed by atoms with van der Waals surface area (Å²) in [6.45, 7) is 0. The van der Waals surface area contributed by atoms with Crippen LogP contribution in [-0.2, 0) is 0 Å². The van der Waals surface area contributed by atoms with Gasteiger partial charge in [0.2, 0.25) is 11.8 Å². The smallest absolute Gasteiger partial charge is 0.249 e. The molecule has 1 aromatic heterocycles. The molecule has 0 aliphatic carbocycles. The van der Waals surface area contributed by atoms with Gasteiger partial charge >= 0.3 is 0 Å². The summed E-state index contributed by atoms with van der Waals surface area (Å²) in [5.41, 5.74) is 14.6. The minimum absolute atomic E-state index is 0.358. The number of primary amides is 1. The number of carbonyl (C=O) groups is 1. The quantitative estimate of drug-likeness (QED) is 0.742. The molecule has 4 N–H and O–H groups in total. The van der Waals surface area contributed by atoms with Gasteiger partial charge in [-0.25, -0.2) is 0 Å². The summed E-state index contributed by atoms with van der Waals surface area (Å²) < 4.78 is 10.7. The molecule has 0 bridgehead atoms. The third-order valence-corrected chi connectivity index (χ3v) is 4.49. The van der Waals surface area contributed by atoms with Gasteiger partial charge in [0.15, 0.2) is 0 Å². The number of hydrogen-bond donors (Lipinski definition) is 2. The predicted molar refractivity (Wildman–Crippen MR) is 102 cm³/mol. The fourth-order valence-corrected chi connectivity index (χ4v) is 3.16. The van der Waals surface area contributed by atoms with Crippen molar-refractivity contribution in [2.45, 2.75) is 6.17 Å². The van der Waals surface area contributed by atoms with Crippen LogP contribution in [0.25, 0.3) is 0 Å². The van der Waals surface area contributed by atoms with Gasteiger partial charge in [0.1, 0.15) is 17.8 Å². The minimum atomic E-state index is -0.541. The van der Waals surface area contributed by atoms with Gasteiger partial charge in [-0.15, -0.1) is 0 Å². The Morgan fingerprint density at radius 2 is 1.89 bits per heavy atom. The van der Waals surface area contributed by atoms with E-state index in [1.807, 2.05) is 35.2 Å². The molecule has 0 radical (unpaired) electrons. The molecule has 7 heteroatoms. The first kappa shape index (κ1) is 16.9. The van der Waals surface area contributed by atoms with Crippen LogP contribution in [0.5, 0.6) is 5.75 Å². The molecule has 2 heterocycles. The van der Waals surface area contributed by atoms with Crippen molar-refractivity contribution in [2.24, 2.45) is 16.5 Å². The molecule has 136 valence electrons. The Morgan fingerprint density at radius 1 is 1.15 bits per heavy atom. The summed E-state index contributed by atoms with van der Waals surface area (Å²) in [4.78, 5) is 18.4. The van der Waals surface area contributed by atoms with E-state index in [1.54, 1.807) is 37.6 Å². The normalized spacial score (nSPS) is 15.9. The number of anilines is 1. The van der Waals surface area contributed by atoms with Crippen LogP contribution in [0.2, 0.25) is 0 Å². The van der Waals surface area contributed by atoms with Gasteiger partial charge in [-0.3, -0.25) is 4.79 Å². The molecular weight excluding hydrogens is 344 g/mol. The summed E-state index contributed by atoms with van der Waals surface area (Å²) in [6, 6.07) is 16.2. The highest BCUT2D eigenvalue weighted by molar-refractivity contribution is 6.17. The van der Waals surface area contributed by atoms with E-state index in [2.05, 4.69) is 4.99 Å². The van der Waals surface area contributed by atoms with Crippen molar-refractivity contribution in [1.82, 2.24) is 0 Å². The average Bonchev–Trinajstić information content (AvgIpc) is 3.17. The van der Waals surface area contributed by atoms with Gasteiger partial charge in [-0.05, 0) is 36.4 Å². The lowest BCUT2D eigenvalue weighted by Crippen LogP contribution is -2.42. The van der Waals surface area contributed by atoms with E-state index in [4.69, 9.17) is 20.6 Å². The van der Waals surface area contributed by atoms with Crippen LogP contribution in [0.1, 0.15) is 27.7 Å². The fourth-order valence-electron chi connectivity index (χ4n) is 3.16. The number of fused-ring (bicyclic) bond motifs is 1. The first-order valence-corrected chi connectivity index (χ1v) is 8.34. The number of aliphatic imine (C=N–C) groups is 1. The van der Waals surface area contributed by atoms with Crippen LogP contribution >= 0.6 is 0 Å². The molecule has 0 saturated heterocycles. The number of nitrogens with two attached hydrogens (primary N) is 2. The maximum atomic E-state index is 11.9. The topological polar surface area (TPSA) is 107 Å². The summed E-state index contributed by atoms with van der Waals surface area (Å²) >= 11 is 0. The van der Waals surface area contributed by atoms with Crippen molar-refractivity contribution in [3.8, 4) is 5.75 Å². The van der Waals surface area contributed by atoms with Crippen LogP contribution in [0.15, 0.2) is 70.3 Å². The molecule has 1 atom stereocenters. The highest BCUT2D eigenvalue weighted by atomic mass is 16.5. The third kappa shape index (κ3) is 2.84. The number of carbonyl (C=O) groups excluding carboxylic acids is 1. The Hall–Kier alpha value is -3.58. The Morgan fingerprint density at radius 3 is 2.59 bits per heavy atom. The lowest BCUT2D eigenvalue weighted by molar-refractivity contribution is 0.1000. The Balaban J connectivity index is 1.91. The molecule has 1 aliphatic heterocycles. The first-order valence-electron chi connectivity index (χ1n) is 8.34. The van der Waals surface area contributed by atoms with Gasteiger partial charge in [0, 0.05) is 11.3 Å². The van der Waals surface area contributed by atoms with Crippen LogP contribution < -0.4 is 21.1 Å². The number of hydrogen-bond acceptors (Lipinski definition) is 6. The van der Waals surface area contributed by atoms with Crippen molar-refractivity contribution in [2.75, 3.05) is 12.0 Å². The lowest BCUT2D eigenvalue weighted by Gasteiger charge is -2.35. The maximum absolute atomic E-state index is 11.9. The second-order valence-electron chi connectivity index (χ2n) is 6.04. The van der Waals surface area contributed by atoms with Crippen molar-refractivity contribution in [3.63, 3.8) is 0 Å². The SMILES string of the molecule is COc1ccc(N2C(c3ccccc3C(N)=O)=Nc3occc3C2N)cc1. The number of amides is 1. The number of rotatable bonds is 4. The Kier molecular flexibility index (Phi) is 4.13. The average molecular weight is 362 g/mol. The van der Waals surface area contributed by atoms with Crippen LogP contribution in [0.4, 0.5) is 11.6 Å². The number of nitrogens with zero attached hydrogens (tertiary/aromatic N) is 2. The third-order valence-electron chi connectivity index (χ3n) is 4.49. The van der Waals surface area contributed by atoms with Gasteiger partial charge in [0.05, 0.1) is 24.5 Å². The summed E-state index contributed by atoms with van der Waals surface area (Å²) in [6.07, 6.45) is 1.00. The maximum Gasteiger partial charge on any atom is 0.249 e. The number of methoxy groups -OCH3 is 1. The molecule has 0 fully saturated rings. The number of benzene rings is 2. The van der Waals surface area contributed by atoms with Gasteiger partial charge in [-0.2, -0.15) is 4.99 Å². The molecule has 1 unspecified atom stereocenters. The van der Waals surface area contributed by atoms with E-state index in [0.717, 1.165) is 17.0 Å². The zero-order chi connectivity index (χ0) is 19.0. The predicted octanol–water partition coefficient (Wildman–Crippen LogP) is 2.94. The van der Waals surface area contributed by atoms with Crippen molar-refractivity contribution in [1.29, 1.82) is 0 Å². The van der Waals surface area contributed by atoms with E-state index in [0.29, 0.717) is 22.8 Å². The molecule has 0 spiro atoms. The molecule has 3 aromatic rings. The van der Waals surface area contributed by atoms with Crippen LogP contribution in [0, 0.1) is 0 Å². The van der Waals surface area contributed by atoms with Gasteiger partial charge in [0.25, 0.3) is 0 Å². The summed E-state index contributed by atoms with van der Waals surface area (Å²) in [5, 5.41) is 0. The zero-order valence-electron chi connectivity index (χ0n) is 14.6. The zero-order valence-corrected chi connectivity index (χ0v) is 14.6.